The second-order valence-electron chi connectivity index (χ2n) is 4.93. The number of hydrogen-bond donors (Lipinski definition) is 0. The first kappa shape index (κ1) is 15.0. The number of benzene rings is 1. The minimum absolute atomic E-state index is 0.153. The summed E-state index contributed by atoms with van der Waals surface area (Å²) in [6.07, 6.45) is 1.71. The molecular weight excluding hydrogens is 317 g/mol. The molecule has 1 aliphatic rings. The molecule has 0 amide bonds. The minimum atomic E-state index is -1.45. The Balaban J connectivity index is 2.00. The first-order chi connectivity index (χ1) is 10.6. The molecule has 3 rings (SSSR count). The van der Waals surface area contributed by atoms with Crippen molar-refractivity contribution in [3.63, 3.8) is 0 Å². The third kappa shape index (κ3) is 2.83. The molecule has 0 spiro atoms. The molecule has 1 aromatic carbocycles. The van der Waals surface area contributed by atoms with E-state index in [1.807, 2.05) is 0 Å². The number of hydrogen-bond acceptors (Lipinski definition) is 3. The summed E-state index contributed by atoms with van der Waals surface area (Å²) in [6, 6.07) is 5.89. The zero-order valence-corrected chi connectivity index (χ0v) is 12.2. The lowest BCUT2D eigenvalue weighted by molar-refractivity contribution is 0.375. The average Bonchev–Trinajstić information content (AvgIpc) is 3.03. The fourth-order valence-electron chi connectivity index (χ4n) is 2.33. The van der Waals surface area contributed by atoms with Crippen LogP contribution in [0.3, 0.4) is 0 Å². The van der Waals surface area contributed by atoms with Gasteiger partial charge in [-0.2, -0.15) is 18.2 Å². The Bertz CT molecular complexity index is 688. The minimum Gasteiger partial charge on any atom is -0.451 e. The summed E-state index contributed by atoms with van der Waals surface area (Å²) in [5.41, 5.74) is 0. The zero-order valence-electron chi connectivity index (χ0n) is 11.5. The van der Waals surface area contributed by atoms with Crippen molar-refractivity contribution in [3.05, 3.63) is 46.9 Å². The predicted molar refractivity (Wildman–Crippen MR) is 77.1 cm³/mol. The molecule has 0 bridgehead atoms. The number of halogens is 4. The Kier molecular flexibility index (Phi) is 4.11. The van der Waals surface area contributed by atoms with E-state index >= 15 is 0 Å². The standard InChI is InChI=1S/C15H12ClF3N2O/c16-9-3-5-10(6-4-9)22-13-11(17)14(19)20-15(12(13)18)21-7-1-2-8-21/h3-6H,1-2,7-8H2. The number of nitrogens with zero attached hydrogens (tertiary/aromatic N) is 2. The van der Waals surface area contributed by atoms with E-state index in [9.17, 15) is 13.2 Å². The Morgan fingerprint density at radius 3 is 2.27 bits per heavy atom. The molecule has 0 aliphatic carbocycles. The number of anilines is 1. The van der Waals surface area contributed by atoms with Crippen LogP contribution in [0.4, 0.5) is 19.0 Å². The molecule has 0 radical (unpaired) electrons. The van der Waals surface area contributed by atoms with Gasteiger partial charge in [-0.3, -0.25) is 0 Å². The van der Waals surface area contributed by atoms with Gasteiger partial charge in [0, 0.05) is 18.1 Å². The van der Waals surface area contributed by atoms with Crippen molar-refractivity contribution in [1.82, 2.24) is 4.98 Å². The van der Waals surface area contributed by atoms with Crippen molar-refractivity contribution in [2.75, 3.05) is 18.0 Å². The van der Waals surface area contributed by atoms with Crippen LogP contribution >= 0.6 is 11.6 Å². The van der Waals surface area contributed by atoms with Crippen LogP contribution in [0.2, 0.25) is 5.02 Å². The highest BCUT2D eigenvalue weighted by molar-refractivity contribution is 6.30. The molecule has 116 valence electrons. The molecule has 0 saturated carbocycles. The Labute approximate surface area is 130 Å². The van der Waals surface area contributed by atoms with Crippen LogP contribution in [-0.4, -0.2) is 18.1 Å². The Morgan fingerprint density at radius 2 is 1.64 bits per heavy atom. The van der Waals surface area contributed by atoms with Gasteiger partial charge < -0.3 is 9.64 Å². The number of ether oxygens (including phenoxy) is 1. The largest absolute Gasteiger partial charge is 0.451 e. The van der Waals surface area contributed by atoms with Crippen molar-refractivity contribution in [2.45, 2.75) is 12.8 Å². The fraction of sp³-hybridized carbons (Fsp3) is 0.267. The van der Waals surface area contributed by atoms with E-state index < -0.39 is 23.3 Å². The van der Waals surface area contributed by atoms with Crippen LogP contribution in [0.25, 0.3) is 0 Å². The first-order valence-corrected chi connectivity index (χ1v) is 7.17. The van der Waals surface area contributed by atoms with Crippen molar-refractivity contribution >= 4 is 17.4 Å². The second-order valence-corrected chi connectivity index (χ2v) is 5.37. The molecule has 1 saturated heterocycles. The number of rotatable bonds is 3. The molecule has 22 heavy (non-hydrogen) atoms. The van der Waals surface area contributed by atoms with Crippen LogP contribution in [-0.2, 0) is 0 Å². The van der Waals surface area contributed by atoms with Gasteiger partial charge in [-0.05, 0) is 37.1 Å². The first-order valence-electron chi connectivity index (χ1n) is 6.79. The lowest BCUT2D eigenvalue weighted by atomic mass is 10.3. The van der Waals surface area contributed by atoms with Gasteiger partial charge in [0.2, 0.25) is 17.4 Å². The highest BCUT2D eigenvalue weighted by atomic mass is 35.5. The molecular formula is C15H12ClF3N2O. The van der Waals surface area contributed by atoms with Gasteiger partial charge in [-0.15, -0.1) is 0 Å². The molecule has 2 aromatic rings. The van der Waals surface area contributed by atoms with Crippen molar-refractivity contribution in [2.24, 2.45) is 0 Å². The van der Waals surface area contributed by atoms with Crippen molar-refractivity contribution in [1.29, 1.82) is 0 Å². The van der Waals surface area contributed by atoms with Crippen LogP contribution in [0.1, 0.15) is 12.8 Å². The SMILES string of the molecule is Fc1nc(N2CCCC2)c(F)c(Oc2ccc(Cl)cc2)c1F. The maximum absolute atomic E-state index is 14.5. The highest BCUT2D eigenvalue weighted by Gasteiger charge is 2.27. The normalized spacial score (nSPS) is 14.5. The summed E-state index contributed by atoms with van der Waals surface area (Å²) >= 11 is 5.73. The summed E-state index contributed by atoms with van der Waals surface area (Å²) in [5.74, 6) is -4.70. The summed E-state index contributed by atoms with van der Waals surface area (Å²) in [4.78, 5) is 4.95. The summed E-state index contributed by atoms with van der Waals surface area (Å²) in [7, 11) is 0. The fourth-order valence-corrected chi connectivity index (χ4v) is 2.46. The molecule has 0 unspecified atom stereocenters. The Hall–Kier alpha value is -1.95. The topological polar surface area (TPSA) is 25.4 Å². The van der Waals surface area contributed by atoms with Crippen LogP contribution < -0.4 is 9.64 Å². The summed E-state index contributed by atoms with van der Waals surface area (Å²) in [6.45, 7) is 1.10. The molecule has 2 heterocycles. The molecule has 3 nitrogen and oxygen atoms in total. The molecule has 0 N–H and O–H groups in total. The van der Waals surface area contributed by atoms with Crippen LogP contribution in [0.5, 0.6) is 11.5 Å². The molecule has 1 fully saturated rings. The van der Waals surface area contributed by atoms with Crippen molar-refractivity contribution in [3.8, 4) is 11.5 Å². The van der Waals surface area contributed by atoms with E-state index in [1.165, 1.54) is 24.3 Å². The smallest absolute Gasteiger partial charge is 0.255 e. The van der Waals surface area contributed by atoms with Gasteiger partial charge in [0.25, 0.3) is 5.95 Å². The lowest BCUT2D eigenvalue weighted by Gasteiger charge is -2.19. The van der Waals surface area contributed by atoms with E-state index in [4.69, 9.17) is 16.3 Å². The number of aromatic nitrogens is 1. The van der Waals surface area contributed by atoms with E-state index in [1.54, 1.807) is 4.90 Å². The van der Waals surface area contributed by atoms with Crippen LogP contribution in [0.15, 0.2) is 24.3 Å². The molecule has 7 heteroatoms. The third-order valence-corrected chi connectivity index (χ3v) is 3.67. The van der Waals surface area contributed by atoms with Gasteiger partial charge in [-0.1, -0.05) is 11.6 Å². The lowest BCUT2D eigenvalue weighted by Crippen LogP contribution is -2.21. The summed E-state index contributed by atoms with van der Waals surface area (Å²) in [5, 5.41) is 0.451. The Morgan fingerprint density at radius 1 is 1.00 bits per heavy atom. The van der Waals surface area contributed by atoms with E-state index in [2.05, 4.69) is 4.98 Å². The summed E-state index contributed by atoms with van der Waals surface area (Å²) < 4.78 is 47.1. The maximum atomic E-state index is 14.5. The monoisotopic (exact) mass is 328 g/mol. The van der Waals surface area contributed by atoms with Crippen LogP contribution in [0, 0.1) is 17.6 Å². The third-order valence-electron chi connectivity index (χ3n) is 3.42. The second kappa shape index (κ2) is 6.04. The van der Waals surface area contributed by atoms with Gasteiger partial charge in [0.1, 0.15) is 5.75 Å². The van der Waals surface area contributed by atoms with Crippen molar-refractivity contribution < 1.29 is 17.9 Å². The average molecular weight is 329 g/mol. The highest BCUT2D eigenvalue weighted by Crippen LogP contribution is 2.34. The van der Waals surface area contributed by atoms with Gasteiger partial charge in [0.15, 0.2) is 5.82 Å². The van der Waals surface area contributed by atoms with Gasteiger partial charge in [-0.25, -0.2) is 0 Å². The molecule has 0 atom stereocenters. The zero-order chi connectivity index (χ0) is 15.7. The van der Waals surface area contributed by atoms with Gasteiger partial charge >= 0.3 is 0 Å². The number of pyridine rings is 1. The molecule has 1 aliphatic heterocycles. The van der Waals surface area contributed by atoms with E-state index in [0.29, 0.717) is 18.1 Å². The van der Waals surface area contributed by atoms with Gasteiger partial charge in [0.05, 0.1) is 0 Å². The van der Waals surface area contributed by atoms with E-state index in [-0.39, 0.29) is 11.6 Å². The van der Waals surface area contributed by atoms with E-state index in [0.717, 1.165) is 12.8 Å². The predicted octanol–water partition coefficient (Wildman–Crippen LogP) is 4.54. The molecule has 1 aromatic heterocycles. The maximum Gasteiger partial charge on any atom is 0.255 e. The quantitative estimate of drug-likeness (QED) is 0.773.